The molecular weight excluding hydrogens is 244 g/mol. The van der Waals surface area contributed by atoms with E-state index in [1.165, 1.54) is 0 Å². The summed E-state index contributed by atoms with van der Waals surface area (Å²) in [4.78, 5) is 0. The Balaban J connectivity index is 1.66. The van der Waals surface area contributed by atoms with Crippen molar-refractivity contribution in [2.45, 2.75) is 6.54 Å². The molecule has 0 aliphatic rings. The quantitative estimate of drug-likeness (QED) is 0.727. The van der Waals surface area contributed by atoms with Crippen molar-refractivity contribution in [2.75, 3.05) is 5.32 Å². The number of aryl methyl sites for hydroxylation is 1. The molecule has 2 aromatic heterocycles. The molecule has 0 unspecified atom stereocenters. The summed E-state index contributed by atoms with van der Waals surface area (Å²) in [5.74, 6) is 0. The van der Waals surface area contributed by atoms with Crippen LogP contribution in [0.15, 0.2) is 36.8 Å². The van der Waals surface area contributed by atoms with Gasteiger partial charge in [0.25, 0.3) is 0 Å². The molecule has 0 saturated heterocycles. The number of anilines is 1. The van der Waals surface area contributed by atoms with Gasteiger partial charge in [-0.2, -0.15) is 0 Å². The summed E-state index contributed by atoms with van der Waals surface area (Å²) >= 11 is 0. The minimum atomic E-state index is 0.637. The average Bonchev–Trinajstić information content (AvgIpc) is 3.08. The van der Waals surface area contributed by atoms with Gasteiger partial charge in [-0.05, 0) is 34.7 Å². The molecule has 0 radical (unpaired) electrons. The minimum Gasteiger partial charge on any atom is -0.379 e. The zero-order valence-corrected chi connectivity index (χ0v) is 10.3. The van der Waals surface area contributed by atoms with Crippen molar-refractivity contribution < 1.29 is 0 Å². The molecule has 0 spiro atoms. The van der Waals surface area contributed by atoms with Gasteiger partial charge in [0.05, 0.1) is 12.2 Å². The Morgan fingerprint density at radius 3 is 2.63 bits per heavy atom. The number of aromatic nitrogens is 7. The van der Waals surface area contributed by atoms with Gasteiger partial charge in [-0.1, -0.05) is 5.21 Å². The van der Waals surface area contributed by atoms with Crippen LogP contribution >= 0.6 is 0 Å². The SMILES string of the molecule is Cn1cc(CNc2ccc(-n3cnnn3)cc2)nn1. The number of tetrazole rings is 1. The van der Waals surface area contributed by atoms with E-state index in [1.54, 1.807) is 15.7 Å². The maximum atomic E-state index is 4.01. The zero-order chi connectivity index (χ0) is 13.1. The van der Waals surface area contributed by atoms with Gasteiger partial charge < -0.3 is 5.32 Å². The van der Waals surface area contributed by atoms with Crippen LogP contribution in [-0.4, -0.2) is 35.2 Å². The van der Waals surface area contributed by atoms with Crippen molar-refractivity contribution in [1.82, 2.24) is 35.2 Å². The molecule has 0 aliphatic heterocycles. The van der Waals surface area contributed by atoms with Crippen LogP contribution in [0.2, 0.25) is 0 Å². The van der Waals surface area contributed by atoms with E-state index >= 15 is 0 Å². The van der Waals surface area contributed by atoms with Gasteiger partial charge >= 0.3 is 0 Å². The maximum Gasteiger partial charge on any atom is 0.143 e. The van der Waals surface area contributed by atoms with Crippen LogP contribution in [0.5, 0.6) is 0 Å². The van der Waals surface area contributed by atoms with Crippen molar-refractivity contribution >= 4 is 5.69 Å². The van der Waals surface area contributed by atoms with Crippen molar-refractivity contribution in [3.8, 4) is 5.69 Å². The Hall–Kier alpha value is -2.77. The lowest BCUT2D eigenvalue weighted by molar-refractivity contribution is 0.713. The molecule has 0 atom stereocenters. The van der Waals surface area contributed by atoms with E-state index in [2.05, 4.69) is 31.2 Å². The number of rotatable bonds is 4. The van der Waals surface area contributed by atoms with Gasteiger partial charge in [0.2, 0.25) is 0 Å². The average molecular weight is 256 g/mol. The molecule has 8 heteroatoms. The highest BCUT2D eigenvalue weighted by atomic mass is 15.5. The van der Waals surface area contributed by atoms with E-state index in [9.17, 15) is 0 Å². The van der Waals surface area contributed by atoms with Gasteiger partial charge in [-0.3, -0.25) is 4.68 Å². The first kappa shape index (κ1) is 11.3. The summed E-state index contributed by atoms with van der Waals surface area (Å²) in [5.41, 5.74) is 2.81. The Bertz CT molecular complexity index is 640. The van der Waals surface area contributed by atoms with E-state index in [0.717, 1.165) is 17.1 Å². The molecule has 0 saturated carbocycles. The van der Waals surface area contributed by atoms with Crippen LogP contribution in [0.4, 0.5) is 5.69 Å². The first-order valence-corrected chi connectivity index (χ1v) is 5.74. The van der Waals surface area contributed by atoms with Crippen molar-refractivity contribution in [3.05, 3.63) is 42.5 Å². The highest BCUT2D eigenvalue weighted by Gasteiger charge is 2.00. The molecule has 0 amide bonds. The summed E-state index contributed by atoms with van der Waals surface area (Å²) < 4.78 is 3.28. The van der Waals surface area contributed by atoms with Crippen molar-refractivity contribution in [1.29, 1.82) is 0 Å². The lowest BCUT2D eigenvalue weighted by Crippen LogP contribution is -2.00. The molecule has 96 valence electrons. The Kier molecular flexibility index (Phi) is 2.89. The fraction of sp³-hybridized carbons (Fsp3) is 0.182. The molecule has 0 fully saturated rings. The number of benzene rings is 1. The number of hydrogen-bond acceptors (Lipinski definition) is 6. The number of hydrogen-bond donors (Lipinski definition) is 1. The highest BCUT2D eigenvalue weighted by Crippen LogP contribution is 2.12. The molecule has 0 aliphatic carbocycles. The number of nitrogens with zero attached hydrogens (tertiary/aromatic N) is 7. The smallest absolute Gasteiger partial charge is 0.143 e. The van der Waals surface area contributed by atoms with E-state index < -0.39 is 0 Å². The number of nitrogens with one attached hydrogen (secondary N) is 1. The largest absolute Gasteiger partial charge is 0.379 e. The van der Waals surface area contributed by atoms with E-state index in [0.29, 0.717) is 6.54 Å². The lowest BCUT2D eigenvalue weighted by atomic mass is 10.3. The van der Waals surface area contributed by atoms with Crippen LogP contribution in [0.1, 0.15) is 5.69 Å². The maximum absolute atomic E-state index is 4.01. The summed E-state index contributed by atoms with van der Waals surface area (Å²) in [6.07, 6.45) is 3.43. The molecule has 1 aromatic carbocycles. The molecule has 1 N–H and O–H groups in total. The monoisotopic (exact) mass is 256 g/mol. The van der Waals surface area contributed by atoms with Gasteiger partial charge in [0, 0.05) is 18.9 Å². The van der Waals surface area contributed by atoms with E-state index in [4.69, 9.17) is 0 Å². The minimum absolute atomic E-state index is 0.637. The Morgan fingerprint density at radius 2 is 2.00 bits per heavy atom. The van der Waals surface area contributed by atoms with Gasteiger partial charge in [0.15, 0.2) is 0 Å². The van der Waals surface area contributed by atoms with Crippen LogP contribution in [-0.2, 0) is 13.6 Å². The summed E-state index contributed by atoms with van der Waals surface area (Å²) in [5, 5.41) is 22.2. The summed E-state index contributed by atoms with van der Waals surface area (Å²) in [6.45, 7) is 0.637. The zero-order valence-electron chi connectivity index (χ0n) is 10.3. The van der Waals surface area contributed by atoms with Crippen LogP contribution in [0.3, 0.4) is 0 Å². The highest BCUT2D eigenvalue weighted by molar-refractivity contribution is 5.48. The standard InChI is InChI=1S/C11H12N8/c1-18-7-10(14-16-18)6-12-9-2-4-11(5-3-9)19-8-13-15-17-19/h2-5,7-8,12H,6H2,1H3. The van der Waals surface area contributed by atoms with Crippen LogP contribution < -0.4 is 5.32 Å². The molecular formula is C11H12N8. The van der Waals surface area contributed by atoms with Gasteiger partial charge in [-0.15, -0.1) is 10.2 Å². The first-order valence-electron chi connectivity index (χ1n) is 5.74. The third kappa shape index (κ3) is 2.57. The van der Waals surface area contributed by atoms with Crippen LogP contribution in [0, 0.1) is 0 Å². The molecule has 0 bridgehead atoms. The molecule has 19 heavy (non-hydrogen) atoms. The predicted molar refractivity (Wildman–Crippen MR) is 67.5 cm³/mol. The fourth-order valence-electron chi connectivity index (χ4n) is 1.68. The first-order chi connectivity index (χ1) is 9.31. The second-order valence-electron chi connectivity index (χ2n) is 4.04. The predicted octanol–water partition coefficient (Wildman–Crippen LogP) is 0.403. The van der Waals surface area contributed by atoms with Gasteiger partial charge in [0.1, 0.15) is 12.0 Å². The topological polar surface area (TPSA) is 86.3 Å². The summed E-state index contributed by atoms with van der Waals surface area (Å²) in [7, 11) is 1.84. The second kappa shape index (κ2) is 4.84. The van der Waals surface area contributed by atoms with Crippen molar-refractivity contribution in [2.24, 2.45) is 7.05 Å². The third-order valence-electron chi connectivity index (χ3n) is 2.60. The van der Waals surface area contributed by atoms with Crippen LogP contribution in [0.25, 0.3) is 5.69 Å². The normalized spacial score (nSPS) is 10.6. The third-order valence-corrected chi connectivity index (χ3v) is 2.60. The van der Waals surface area contributed by atoms with E-state index in [-0.39, 0.29) is 0 Å². The second-order valence-corrected chi connectivity index (χ2v) is 4.04. The summed E-state index contributed by atoms with van der Waals surface area (Å²) in [6, 6.07) is 7.81. The molecule has 2 heterocycles. The van der Waals surface area contributed by atoms with Crippen molar-refractivity contribution in [3.63, 3.8) is 0 Å². The molecule has 3 aromatic rings. The lowest BCUT2D eigenvalue weighted by Gasteiger charge is -2.05. The molecule has 3 rings (SSSR count). The Morgan fingerprint density at radius 1 is 1.16 bits per heavy atom. The van der Waals surface area contributed by atoms with Gasteiger partial charge in [-0.25, -0.2) is 4.68 Å². The Labute approximate surface area is 109 Å². The molecule has 8 nitrogen and oxygen atoms in total. The fourth-order valence-corrected chi connectivity index (χ4v) is 1.68. The van der Waals surface area contributed by atoms with E-state index in [1.807, 2.05) is 37.5 Å².